The Labute approximate surface area is 107 Å². The molecular weight excluding hydrogens is 228 g/mol. The van der Waals surface area contributed by atoms with Crippen molar-refractivity contribution in [1.82, 2.24) is 10.3 Å². The summed E-state index contributed by atoms with van der Waals surface area (Å²) in [5.41, 5.74) is 0.497. The van der Waals surface area contributed by atoms with E-state index in [0.29, 0.717) is 5.41 Å². The van der Waals surface area contributed by atoms with Crippen LogP contribution in [0.2, 0.25) is 0 Å². The molecule has 98 valence electrons. The quantitative estimate of drug-likeness (QED) is 0.845. The number of aromatic hydroxyl groups is 1. The zero-order valence-corrected chi connectivity index (χ0v) is 10.9. The molecule has 18 heavy (non-hydrogen) atoms. The van der Waals surface area contributed by atoms with Crippen LogP contribution in [0.15, 0.2) is 18.3 Å². The van der Waals surface area contributed by atoms with E-state index in [1.54, 1.807) is 6.07 Å². The van der Waals surface area contributed by atoms with Crippen molar-refractivity contribution in [3.8, 4) is 5.75 Å². The third kappa shape index (κ3) is 3.00. The molecule has 1 saturated carbocycles. The standard InChI is InChI=1S/C14H20N2O2/c1-14(2)7-5-10(6-8-14)16-13(18)12-11(17)4-3-9-15-12/h3-4,9-10,17H,5-8H2,1-2H3,(H,16,18). The Bertz CT molecular complexity index is 433. The van der Waals surface area contributed by atoms with E-state index in [-0.39, 0.29) is 23.4 Å². The first-order valence-electron chi connectivity index (χ1n) is 6.43. The van der Waals surface area contributed by atoms with Gasteiger partial charge in [-0.3, -0.25) is 4.79 Å². The fourth-order valence-corrected chi connectivity index (χ4v) is 2.37. The fraction of sp³-hybridized carbons (Fsp3) is 0.571. The summed E-state index contributed by atoms with van der Waals surface area (Å²) in [5, 5.41) is 12.5. The van der Waals surface area contributed by atoms with Gasteiger partial charge in [0.15, 0.2) is 5.69 Å². The van der Waals surface area contributed by atoms with Crippen molar-refractivity contribution < 1.29 is 9.90 Å². The second kappa shape index (κ2) is 4.96. The lowest BCUT2D eigenvalue weighted by Crippen LogP contribution is -2.39. The molecule has 0 bridgehead atoms. The van der Waals surface area contributed by atoms with Crippen LogP contribution in [-0.4, -0.2) is 22.0 Å². The summed E-state index contributed by atoms with van der Waals surface area (Å²) in [4.78, 5) is 15.9. The van der Waals surface area contributed by atoms with Gasteiger partial charge >= 0.3 is 0 Å². The average Bonchev–Trinajstić information content (AvgIpc) is 2.32. The average molecular weight is 248 g/mol. The maximum Gasteiger partial charge on any atom is 0.273 e. The van der Waals surface area contributed by atoms with Gasteiger partial charge in [-0.25, -0.2) is 4.98 Å². The summed E-state index contributed by atoms with van der Waals surface area (Å²) in [5.74, 6) is -0.344. The van der Waals surface area contributed by atoms with E-state index < -0.39 is 0 Å². The summed E-state index contributed by atoms with van der Waals surface area (Å²) in [6, 6.07) is 3.29. The minimum absolute atomic E-state index is 0.0638. The van der Waals surface area contributed by atoms with E-state index in [1.165, 1.54) is 12.3 Å². The number of aromatic nitrogens is 1. The molecule has 1 aliphatic rings. The minimum Gasteiger partial charge on any atom is -0.505 e. The lowest BCUT2D eigenvalue weighted by atomic mass is 9.75. The predicted octanol–water partition coefficient (Wildman–Crippen LogP) is 2.49. The van der Waals surface area contributed by atoms with E-state index in [2.05, 4.69) is 24.1 Å². The number of carbonyl (C=O) groups excluding carboxylic acids is 1. The number of amides is 1. The van der Waals surface area contributed by atoms with E-state index in [9.17, 15) is 9.90 Å². The highest BCUT2D eigenvalue weighted by molar-refractivity contribution is 5.94. The molecule has 1 amide bonds. The van der Waals surface area contributed by atoms with Gasteiger partial charge in [0.1, 0.15) is 5.75 Å². The van der Waals surface area contributed by atoms with Gasteiger partial charge in [0.2, 0.25) is 0 Å². The lowest BCUT2D eigenvalue weighted by Gasteiger charge is -2.34. The number of nitrogens with zero attached hydrogens (tertiary/aromatic N) is 1. The fourth-order valence-electron chi connectivity index (χ4n) is 2.37. The molecule has 0 aliphatic heterocycles. The lowest BCUT2D eigenvalue weighted by molar-refractivity contribution is 0.0901. The molecule has 1 aliphatic carbocycles. The molecule has 0 spiro atoms. The SMILES string of the molecule is CC1(C)CCC(NC(=O)c2ncccc2O)CC1. The Kier molecular flexibility index (Phi) is 3.55. The molecule has 0 aromatic carbocycles. The topological polar surface area (TPSA) is 62.2 Å². The molecule has 0 saturated heterocycles. The molecule has 1 aromatic rings. The normalized spacial score (nSPS) is 19.4. The predicted molar refractivity (Wildman–Crippen MR) is 69.4 cm³/mol. The first-order valence-corrected chi connectivity index (χ1v) is 6.43. The monoisotopic (exact) mass is 248 g/mol. The van der Waals surface area contributed by atoms with Crippen LogP contribution in [0, 0.1) is 5.41 Å². The van der Waals surface area contributed by atoms with Crippen molar-refractivity contribution in [2.45, 2.75) is 45.6 Å². The number of nitrogens with one attached hydrogen (secondary N) is 1. The zero-order valence-electron chi connectivity index (χ0n) is 10.9. The van der Waals surface area contributed by atoms with Crippen molar-refractivity contribution in [3.05, 3.63) is 24.0 Å². The van der Waals surface area contributed by atoms with Gasteiger partial charge in [0.25, 0.3) is 5.91 Å². The van der Waals surface area contributed by atoms with E-state index in [1.807, 2.05) is 0 Å². The van der Waals surface area contributed by atoms with Crippen LogP contribution in [0.3, 0.4) is 0 Å². The van der Waals surface area contributed by atoms with E-state index >= 15 is 0 Å². The summed E-state index contributed by atoms with van der Waals surface area (Å²) in [7, 11) is 0. The molecule has 4 heteroatoms. The summed E-state index contributed by atoms with van der Waals surface area (Å²) < 4.78 is 0. The molecule has 1 heterocycles. The highest BCUT2D eigenvalue weighted by Crippen LogP contribution is 2.35. The van der Waals surface area contributed by atoms with Crippen LogP contribution in [0.1, 0.15) is 50.0 Å². The van der Waals surface area contributed by atoms with Crippen LogP contribution in [0.5, 0.6) is 5.75 Å². The van der Waals surface area contributed by atoms with Crippen molar-refractivity contribution in [1.29, 1.82) is 0 Å². The van der Waals surface area contributed by atoms with Crippen LogP contribution >= 0.6 is 0 Å². The first-order chi connectivity index (χ1) is 8.48. The summed E-state index contributed by atoms with van der Waals surface area (Å²) in [6.07, 6.45) is 5.73. The minimum atomic E-state index is -0.280. The Hall–Kier alpha value is -1.58. The number of pyridine rings is 1. The Balaban J connectivity index is 1.95. The molecule has 1 fully saturated rings. The molecule has 1 aromatic heterocycles. The molecule has 0 unspecified atom stereocenters. The third-order valence-corrected chi connectivity index (χ3v) is 3.68. The molecule has 0 radical (unpaired) electrons. The molecular formula is C14H20N2O2. The molecule has 2 N–H and O–H groups in total. The van der Waals surface area contributed by atoms with Crippen molar-refractivity contribution >= 4 is 5.91 Å². The smallest absolute Gasteiger partial charge is 0.273 e. The Morgan fingerprint density at radius 2 is 2.11 bits per heavy atom. The largest absolute Gasteiger partial charge is 0.505 e. The van der Waals surface area contributed by atoms with Gasteiger partial charge in [0, 0.05) is 12.2 Å². The Morgan fingerprint density at radius 1 is 1.44 bits per heavy atom. The third-order valence-electron chi connectivity index (χ3n) is 3.68. The van der Waals surface area contributed by atoms with Crippen LogP contribution in [0.25, 0.3) is 0 Å². The second-order valence-electron chi connectivity index (χ2n) is 5.78. The second-order valence-corrected chi connectivity index (χ2v) is 5.78. The summed E-state index contributed by atoms with van der Waals surface area (Å²) in [6.45, 7) is 4.52. The van der Waals surface area contributed by atoms with Gasteiger partial charge in [-0.2, -0.15) is 0 Å². The van der Waals surface area contributed by atoms with Gasteiger partial charge in [-0.1, -0.05) is 13.8 Å². The van der Waals surface area contributed by atoms with Crippen molar-refractivity contribution in [2.75, 3.05) is 0 Å². The molecule has 0 atom stereocenters. The van der Waals surface area contributed by atoms with E-state index in [0.717, 1.165) is 25.7 Å². The van der Waals surface area contributed by atoms with Crippen molar-refractivity contribution in [3.63, 3.8) is 0 Å². The highest BCUT2D eigenvalue weighted by Gasteiger charge is 2.28. The van der Waals surface area contributed by atoms with Gasteiger partial charge in [-0.15, -0.1) is 0 Å². The van der Waals surface area contributed by atoms with Gasteiger partial charge in [-0.05, 0) is 43.2 Å². The van der Waals surface area contributed by atoms with Crippen LogP contribution in [0.4, 0.5) is 0 Å². The number of hydrogen-bond acceptors (Lipinski definition) is 3. The van der Waals surface area contributed by atoms with Gasteiger partial charge < -0.3 is 10.4 Å². The number of hydrogen-bond donors (Lipinski definition) is 2. The van der Waals surface area contributed by atoms with E-state index in [4.69, 9.17) is 0 Å². The first kappa shape index (κ1) is 12.9. The summed E-state index contributed by atoms with van der Waals surface area (Å²) >= 11 is 0. The van der Waals surface area contributed by atoms with Crippen LogP contribution < -0.4 is 5.32 Å². The maximum absolute atomic E-state index is 12.0. The van der Waals surface area contributed by atoms with Gasteiger partial charge in [0.05, 0.1) is 0 Å². The number of carbonyl (C=O) groups is 1. The molecule has 2 rings (SSSR count). The maximum atomic E-state index is 12.0. The van der Waals surface area contributed by atoms with Crippen LogP contribution in [-0.2, 0) is 0 Å². The zero-order chi connectivity index (χ0) is 13.2. The molecule has 4 nitrogen and oxygen atoms in total. The Morgan fingerprint density at radius 3 is 2.72 bits per heavy atom. The van der Waals surface area contributed by atoms with Crippen molar-refractivity contribution in [2.24, 2.45) is 5.41 Å². The number of rotatable bonds is 2. The highest BCUT2D eigenvalue weighted by atomic mass is 16.3.